The first-order valence-electron chi connectivity index (χ1n) is 13.2. The number of anilines is 3. The summed E-state index contributed by atoms with van der Waals surface area (Å²) in [6.45, 7) is 0.0470. The molecule has 3 nitrogen and oxygen atoms in total. The summed E-state index contributed by atoms with van der Waals surface area (Å²) >= 11 is 0. The van der Waals surface area contributed by atoms with Gasteiger partial charge in [-0.05, 0) is 70.8 Å². The van der Waals surface area contributed by atoms with Crippen molar-refractivity contribution in [3.63, 3.8) is 0 Å². The Labute approximate surface area is 230 Å². The molecule has 5 rings (SSSR count). The van der Waals surface area contributed by atoms with Crippen LogP contribution in [0.2, 0.25) is 0 Å². The van der Waals surface area contributed by atoms with Crippen LogP contribution in [0.1, 0.15) is 17.0 Å². The molecular formula is C36H32N2O. The molecule has 1 atom stereocenters. The zero-order chi connectivity index (χ0) is 26.7. The highest BCUT2D eigenvalue weighted by molar-refractivity contribution is 5.83. The van der Waals surface area contributed by atoms with Crippen molar-refractivity contribution in [2.24, 2.45) is 0 Å². The van der Waals surface area contributed by atoms with Crippen molar-refractivity contribution in [2.75, 3.05) is 17.2 Å². The molecule has 3 aromatic rings. The monoisotopic (exact) mass is 508 g/mol. The highest BCUT2D eigenvalue weighted by Gasteiger charge is 2.28. The summed E-state index contributed by atoms with van der Waals surface area (Å²) in [6, 6.07) is 31.0. The van der Waals surface area contributed by atoms with E-state index in [1.807, 2.05) is 121 Å². The molecule has 3 N–H and O–H groups in total. The lowest BCUT2D eigenvalue weighted by Gasteiger charge is -2.14. The molecular weight excluding hydrogens is 476 g/mol. The number of fused-ring (bicyclic) bond motifs is 3. The maximum atomic E-state index is 10.4. The van der Waals surface area contributed by atoms with Crippen molar-refractivity contribution in [3.05, 3.63) is 175 Å². The van der Waals surface area contributed by atoms with Gasteiger partial charge in [-0.2, -0.15) is 0 Å². The first kappa shape index (κ1) is 25.8. The quantitative estimate of drug-likeness (QED) is 0.323. The molecule has 39 heavy (non-hydrogen) atoms. The van der Waals surface area contributed by atoms with Crippen molar-refractivity contribution < 1.29 is 5.11 Å². The molecule has 0 radical (unpaired) electrons. The van der Waals surface area contributed by atoms with Crippen molar-refractivity contribution in [1.29, 1.82) is 0 Å². The number of aliphatic hydroxyl groups excluding tert-OH is 1. The van der Waals surface area contributed by atoms with Crippen LogP contribution in [0, 0.1) is 0 Å². The van der Waals surface area contributed by atoms with Gasteiger partial charge in [0.05, 0.1) is 6.61 Å². The fourth-order valence-corrected chi connectivity index (χ4v) is 4.73. The Morgan fingerprint density at radius 1 is 0.513 bits per heavy atom. The van der Waals surface area contributed by atoms with Crippen molar-refractivity contribution in [1.82, 2.24) is 0 Å². The number of allylic oxidation sites excluding steroid dienone is 11. The summed E-state index contributed by atoms with van der Waals surface area (Å²) in [6.07, 6.45) is 22.2. The first-order chi connectivity index (χ1) is 19.3. The van der Waals surface area contributed by atoms with Gasteiger partial charge in [-0.25, -0.2) is 0 Å². The molecule has 3 aromatic carbocycles. The van der Waals surface area contributed by atoms with Crippen LogP contribution >= 0.6 is 0 Å². The maximum absolute atomic E-state index is 10.4. The summed E-state index contributed by atoms with van der Waals surface area (Å²) in [7, 11) is 0. The second kappa shape index (κ2) is 13.1. The van der Waals surface area contributed by atoms with Gasteiger partial charge in [0, 0.05) is 28.7 Å². The summed E-state index contributed by atoms with van der Waals surface area (Å²) in [5, 5.41) is 17.5. The molecule has 0 saturated carbocycles. The number of aliphatic hydroxyl groups is 1. The van der Waals surface area contributed by atoms with E-state index in [1.54, 1.807) is 0 Å². The predicted octanol–water partition coefficient (Wildman–Crippen LogP) is 8.75. The lowest BCUT2D eigenvalue weighted by molar-refractivity contribution is 0.282. The standard InChI is InChI=1S/C36H32N2O/c39-27-36-34-25-30(37-28-17-13-9-5-2-1-3-6-10-14-18-28)21-23-32(34)33-24-22-31(26-35(33)36)38-29-19-15-11-7-4-8-12-16-20-29/h1-26,36-39H,27H2/b2-1-,3-1?,5-2?,6-3-,7-4?,8-4?,9-5-,10-6?,11-7?,12-8?,13-9?,14-10-,15-11?,16-12?,17-13?,18-14?,19-15?,20-16?,28-17?,28-18?,29-19?,29-20?. The Hall–Kier alpha value is -4.86. The van der Waals surface area contributed by atoms with Crippen LogP contribution < -0.4 is 10.6 Å². The van der Waals surface area contributed by atoms with Gasteiger partial charge in [0.15, 0.2) is 0 Å². The van der Waals surface area contributed by atoms with E-state index >= 15 is 0 Å². The van der Waals surface area contributed by atoms with E-state index in [9.17, 15) is 5.11 Å². The average Bonchev–Trinajstić information content (AvgIpc) is 3.25. The second-order valence-corrected chi connectivity index (χ2v) is 9.25. The Morgan fingerprint density at radius 2 is 1.03 bits per heavy atom. The number of hydrogen-bond acceptors (Lipinski definition) is 3. The van der Waals surface area contributed by atoms with Crippen LogP contribution in [0.5, 0.6) is 0 Å². The molecule has 0 fully saturated rings. The van der Waals surface area contributed by atoms with Crippen LogP contribution in [0.4, 0.5) is 17.1 Å². The van der Waals surface area contributed by atoms with E-state index in [0.717, 1.165) is 33.9 Å². The van der Waals surface area contributed by atoms with Crippen molar-refractivity contribution in [3.8, 4) is 11.1 Å². The molecule has 0 aliphatic heterocycles. The third kappa shape index (κ3) is 6.72. The van der Waals surface area contributed by atoms with Gasteiger partial charge in [-0.1, -0.05) is 109 Å². The molecule has 0 saturated heterocycles. The fraction of sp³-hybridized carbons (Fsp3) is 0.0556. The summed E-state index contributed by atoms with van der Waals surface area (Å²) in [4.78, 5) is 0. The maximum Gasteiger partial charge on any atom is 0.0540 e. The van der Waals surface area contributed by atoms with Crippen LogP contribution in [0.15, 0.2) is 164 Å². The zero-order valence-corrected chi connectivity index (χ0v) is 21.7. The second-order valence-electron chi connectivity index (χ2n) is 9.25. The highest BCUT2D eigenvalue weighted by atomic mass is 16.3. The van der Waals surface area contributed by atoms with Gasteiger partial charge in [-0.3, -0.25) is 0 Å². The van der Waals surface area contributed by atoms with Crippen LogP contribution in [0.25, 0.3) is 11.1 Å². The van der Waals surface area contributed by atoms with Gasteiger partial charge in [0.25, 0.3) is 0 Å². The molecule has 0 amide bonds. The lowest BCUT2D eigenvalue weighted by Crippen LogP contribution is -2.04. The van der Waals surface area contributed by atoms with E-state index in [1.165, 1.54) is 11.1 Å². The SMILES string of the molecule is OCC1c2cc(NC3=C\C=C/C=C\C=C/C=C\C=C3)ccc2-c2ccc(Nc3ccccccccc3)cc21. The van der Waals surface area contributed by atoms with E-state index in [4.69, 9.17) is 0 Å². The van der Waals surface area contributed by atoms with E-state index in [2.05, 4.69) is 47.0 Å². The van der Waals surface area contributed by atoms with Gasteiger partial charge in [0.2, 0.25) is 0 Å². The molecule has 192 valence electrons. The molecule has 2 aliphatic carbocycles. The first-order valence-corrected chi connectivity index (χ1v) is 13.2. The molecule has 0 heterocycles. The smallest absolute Gasteiger partial charge is 0.0540 e. The minimum Gasteiger partial charge on any atom is -0.395 e. The van der Waals surface area contributed by atoms with Crippen molar-refractivity contribution >= 4 is 17.1 Å². The largest absolute Gasteiger partial charge is 0.395 e. The number of benzene rings is 2. The van der Waals surface area contributed by atoms with Gasteiger partial charge in [0.1, 0.15) is 0 Å². The number of rotatable bonds is 5. The number of nitrogens with one attached hydrogen (secondary N) is 2. The Morgan fingerprint density at radius 3 is 1.62 bits per heavy atom. The normalized spacial score (nSPS) is 18.6. The highest BCUT2D eigenvalue weighted by Crippen LogP contribution is 2.46. The molecule has 2 aliphatic rings. The molecule has 0 aromatic heterocycles. The van der Waals surface area contributed by atoms with E-state index in [0.29, 0.717) is 0 Å². The van der Waals surface area contributed by atoms with Crippen LogP contribution in [0.3, 0.4) is 0 Å². The Balaban J connectivity index is 1.41. The van der Waals surface area contributed by atoms with Gasteiger partial charge >= 0.3 is 0 Å². The summed E-state index contributed by atoms with van der Waals surface area (Å²) in [5.74, 6) is -0.0828. The molecule has 3 heteroatoms. The predicted molar refractivity (Wildman–Crippen MR) is 166 cm³/mol. The van der Waals surface area contributed by atoms with Gasteiger partial charge in [-0.15, -0.1) is 0 Å². The molecule has 1 unspecified atom stereocenters. The zero-order valence-electron chi connectivity index (χ0n) is 21.7. The lowest BCUT2D eigenvalue weighted by atomic mass is 9.97. The Bertz CT molecular complexity index is 1530. The summed E-state index contributed by atoms with van der Waals surface area (Å²) in [5.41, 5.74) is 8.55. The fourth-order valence-electron chi connectivity index (χ4n) is 4.73. The minimum atomic E-state index is -0.0828. The average molecular weight is 509 g/mol. The van der Waals surface area contributed by atoms with Crippen LogP contribution in [-0.2, 0) is 0 Å². The molecule has 0 spiro atoms. The third-order valence-electron chi connectivity index (χ3n) is 6.56. The topological polar surface area (TPSA) is 44.3 Å². The third-order valence-corrected chi connectivity index (χ3v) is 6.56. The van der Waals surface area contributed by atoms with Crippen LogP contribution in [-0.4, -0.2) is 11.7 Å². The molecule has 0 bridgehead atoms. The van der Waals surface area contributed by atoms with E-state index in [-0.39, 0.29) is 12.5 Å². The van der Waals surface area contributed by atoms with Gasteiger partial charge < -0.3 is 15.7 Å². The summed E-state index contributed by atoms with van der Waals surface area (Å²) < 4.78 is 0. The Kier molecular flexibility index (Phi) is 8.65. The van der Waals surface area contributed by atoms with Crippen molar-refractivity contribution in [2.45, 2.75) is 5.92 Å². The van der Waals surface area contributed by atoms with E-state index < -0.39 is 0 Å². The minimum absolute atomic E-state index is 0.0470. The number of hydrogen-bond donors (Lipinski definition) is 3.